The molecule has 0 spiro atoms. The number of rotatable bonds is 6. The zero-order valence-electron chi connectivity index (χ0n) is 11.8. The molecule has 1 aromatic carbocycles. The van der Waals surface area contributed by atoms with Crippen LogP contribution < -0.4 is 5.32 Å². The van der Waals surface area contributed by atoms with Gasteiger partial charge in [-0.2, -0.15) is 0 Å². The maximum atomic E-state index is 11.7. The molecule has 3 rings (SSSR count). The molecule has 2 unspecified atom stereocenters. The lowest BCUT2D eigenvalue weighted by Gasteiger charge is -2.23. The summed E-state index contributed by atoms with van der Waals surface area (Å²) in [5.74, 6) is 1.53. The fourth-order valence-electron chi connectivity index (χ4n) is 3.12. The summed E-state index contributed by atoms with van der Waals surface area (Å²) in [5.41, 5.74) is 1.32. The minimum atomic E-state index is -2.78. The highest BCUT2D eigenvalue weighted by molar-refractivity contribution is 7.91. The van der Waals surface area contributed by atoms with Gasteiger partial charge in [-0.1, -0.05) is 30.3 Å². The van der Waals surface area contributed by atoms with Crippen LogP contribution in [-0.4, -0.2) is 32.5 Å². The average molecular weight is 293 g/mol. The lowest BCUT2D eigenvalue weighted by atomic mass is 9.86. The van der Waals surface area contributed by atoms with Gasteiger partial charge < -0.3 is 5.32 Å². The predicted octanol–water partition coefficient (Wildman–Crippen LogP) is 2.03. The molecule has 0 aromatic heterocycles. The molecule has 110 valence electrons. The Labute approximate surface area is 121 Å². The second-order valence-corrected chi connectivity index (χ2v) is 8.52. The molecule has 1 saturated carbocycles. The Morgan fingerprint density at radius 1 is 1.15 bits per heavy atom. The summed E-state index contributed by atoms with van der Waals surface area (Å²) in [4.78, 5) is 0. The molecule has 1 aromatic rings. The third-order valence-corrected chi connectivity index (χ3v) is 6.31. The van der Waals surface area contributed by atoms with E-state index in [1.807, 2.05) is 6.07 Å². The van der Waals surface area contributed by atoms with Gasteiger partial charge in [0, 0.05) is 6.04 Å². The second kappa shape index (κ2) is 5.86. The van der Waals surface area contributed by atoms with E-state index in [1.54, 1.807) is 0 Å². The van der Waals surface area contributed by atoms with Crippen molar-refractivity contribution in [1.29, 1.82) is 0 Å². The van der Waals surface area contributed by atoms with Crippen LogP contribution in [0.5, 0.6) is 0 Å². The van der Waals surface area contributed by atoms with Crippen molar-refractivity contribution in [1.82, 2.24) is 5.32 Å². The molecule has 2 fully saturated rings. The summed E-state index contributed by atoms with van der Waals surface area (Å²) >= 11 is 0. The maximum Gasteiger partial charge on any atom is 0.150 e. The molecule has 0 bridgehead atoms. The van der Waals surface area contributed by atoms with Gasteiger partial charge in [0.2, 0.25) is 0 Å². The lowest BCUT2D eigenvalue weighted by molar-refractivity contribution is 0.342. The van der Waals surface area contributed by atoms with Crippen molar-refractivity contribution < 1.29 is 8.42 Å². The van der Waals surface area contributed by atoms with Gasteiger partial charge in [-0.25, -0.2) is 8.42 Å². The smallest absolute Gasteiger partial charge is 0.150 e. The summed E-state index contributed by atoms with van der Waals surface area (Å²) in [5, 5.41) is 3.59. The van der Waals surface area contributed by atoms with Crippen LogP contribution in [-0.2, 0) is 16.3 Å². The van der Waals surface area contributed by atoms with Crippen LogP contribution in [0.1, 0.15) is 24.8 Å². The van der Waals surface area contributed by atoms with Gasteiger partial charge in [0.25, 0.3) is 0 Å². The molecule has 2 aliphatic rings. The predicted molar refractivity (Wildman–Crippen MR) is 81.4 cm³/mol. The largest absolute Gasteiger partial charge is 0.314 e. The molecule has 0 amide bonds. The minimum Gasteiger partial charge on any atom is -0.314 e. The molecular weight excluding hydrogens is 270 g/mol. The highest BCUT2D eigenvalue weighted by Crippen LogP contribution is 2.29. The minimum absolute atomic E-state index is 0.325. The van der Waals surface area contributed by atoms with Crippen molar-refractivity contribution in [2.75, 3.05) is 18.1 Å². The maximum absolute atomic E-state index is 11.7. The zero-order chi connectivity index (χ0) is 14.0. The van der Waals surface area contributed by atoms with Crippen LogP contribution in [0.25, 0.3) is 0 Å². The number of nitrogens with one attached hydrogen (secondary N) is 1. The molecular formula is C16H23NO2S. The molecule has 1 aliphatic heterocycles. The fraction of sp³-hybridized carbons (Fsp3) is 0.625. The van der Waals surface area contributed by atoms with E-state index in [4.69, 9.17) is 0 Å². The summed E-state index contributed by atoms with van der Waals surface area (Å²) in [6, 6.07) is 11.1. The molecule has 0 radical (unpaired) electrons. The van der Waals surface area contributed by atoms with Gasteiger partial charge in [-0.15, -0.1) is 0 Å². The number of hydrogen-bond donors (Lipinski definition) is 1. The second-order valence-electron chi connectivity index (χ2n) is 6.30. The molecule has 20 heavy (non-hydrogen) atoms. The van der Waals surface area contributed by atoms with E-state index in [1.165, 1.54) is 18.4 Å². The van der Waals surface area contributed by atoms with Crippen LogP contribution in [0.15, 0.2) is 30.3 Å². The van der Waals surface area contributed by atoms with Crippen LogP contribution in [0, 0.1) is 11.8 Å². The van der Waals surface area contributed by atoms with Gasteiger partial charge in [0.1, 0.15) is 0 Å². The number of sulfone groups is 1. The first-order valence-corrected chi connectivity index (χ1v) is 9.42. The quantitative estimate of drug-likeness (QED) is 0.873. The van der Waals surface area contributed by atoms with Gasteiger partial charge in [-0.05, 0) is 49.6 Å². The first-order chi connectivity index (χ1) is 9.62. The van der Waals surface area contributed by atoms with Crippen molar-refractivity contribution in [2.45, 2.75) is 31.7 Å². The Bertz CT molecular complexity index is 537. The Kier molecular flexibility index (Phi) is 4.13. The molecule has 1 aliphatic carbocycles. The molecule has 1 N–H and O–H groups in total. The molecule has 1 heterocycles. The summed E-state index contributed by atoms with van der Waals surface area (Å²) in [7, 11) is -2.78. The summed E-state index contributed by atoms with van der Waals surface area (Å²) in [6.07, 6.45) is 4.38. The van der Waals surface area contributed by atoms with Gasteiger partial charge in [0.05, 0.1) is 11.5 Å². The SMILES string of the molecule is O=S1(=O)CCC(C(CNC2CC2)Cc2ccccc2)C1. The van der Waals surface area contributed by atoms with Crippen molar-refractivity contribution in [3.8, 4) is 0 Å². The van der Waals surface area contributed by atoms with Crippen molar-refractivity contribution in [2.24, 2.45) is 11.8 Å². The number of hydrogen-bond acceptors (Lipinski definition) is 3. The Balaban J connectivity index is 1.66. The first kappa shape index (κ1) is 14.1. The van der Waals surface area contributed by atoms with E-state index >= 15 is 0 Å². The molecule has 4 heteroatoms. The van der Waals surface area contributed by atoms with Gasteiger partial charge >= 0.3 is 0 Å². The van der Waals surface area contributed by atoms with E-state index in [9.17, 15) is 8.42 Å². The average Bonchev–Trinajstić information content (AvgIpc) is 3.19. The van der Waals surface area contributed by atoms with E-state index < -0.39 is 9.84 Å². The van der Waals surface area contributed by atoms with E-state index in [0.717, 1.165) is 19.4 Å². The highest BCUT2D eigenvalue weighted by atomic mass is 32.2. The molecule has 2 atom stereocenters. The van der Waals surface area contributed by atoms with E-state index in [2.05, 4.69) is 29.6 Å². The summed E-state index contributed by atoms with van der Waals surface area (Å²) in [6.45, 7) is 0.958. The van der Waals surface area contributed by atoms with Gasteiger partial charge in [0.15, 0.2) is 9.84 Å². The standard InChI is InChI=1S/C16H23NO2S/c18-20(19)9-8-14(12-20)15(11-17-16-6-7-16)10-13-4-2-1-3-5-13/h1-5,14-17H,6-12H2. The monoisotopic (exact) mass is 293 g/mol. The van der Waals surface area contributed by atoms with Crippen LogP contribution in [0.3, 0.4) is 0 Å². The van der Waals surface area contributed by atoms with Crippen LogP contribution >= 0.6 is 0 Å². The Hall–Kier alpha value is -0.870. The highest BCUT2D eigenvalue weighted by Gasteiger charge is 2.34. The van der Waals surface area contributed by atoms with Crippen molar-refractivity contribution in [3.63, 3.8) is 0 Å². The molecule has 3 nitrogen and oxygen atoms in total. The van der Waals surface area contributed by atoms with Crippen molar-refractivity contribution in [3.05, 3.63) is 35.9 Å². The topological polar surface area (TPSA) is 46.2 Å². The normalized spacial score (nSPS) is 26.5. The van der Waals surface area contributed by atoms with Crippen LogP contribution in [0.4, 0.5) is 0 Å². The Morgan fingerprint density at radius 2 is 1.90 bits per heavy atom. The Morgan fingerprint density at radius 3 is 2.50 bits per heavy atom. The zero-order valence-corrected chi connectivity index (χ0v) is 12.6. The number of benzene rings is 1. The summed E-state index contributed by atoms with van der Waals surface area (Å²) < 4.78 is 23.5. The lowest BCUT2D eigenvalue weighted by Crippen LogP contribution is -2.31. The third kappa shape index (κ3) is 3.83. The van der Waals surface area contributed by atoms with E-state index in [-0.39, 0.29) is 0 Å². The first-order valence-electron chi connectivity index (χ1n) is 7.60. The fourth-order valence-corrected chi connectivity index (χ4v) is 5.04. The van der Waals surface area contributed by atoms with E-state index in [0.29, 0.717) is 29.4 Å². The van der Waals surface area contributed by atoms with Crippen molar-refractivity contribution >= 4 is 9.84 Å². The van der Waals surface area contributed by atoms with Crippen LogP contribution in [0.2, 0.25) is 0 Å². The third-order valence-electron chi connectivity index (χ3n) is 4.52. The van der Waals surface area contributed by atoms with Gasteiger partial charge in [-0.3, -0.25) is 0 Å². The molecule has 1 saturated heterocycles.